The quantitative estimate of drug-likeness (QED) is 0.765. The van der Waals surface area contributed by atoms with Gasteiger partial charge in [-0.3, -0.25) is 0 Å². The molecule has 0 amide bonds. The zero-order valence-corrected chi connectivity index (χ0v) is 15.8. The van der Waals surface area contributed by atoms with Crippen molar-refractivity contribution in [3.63, 3.8) is 0 Å². The van der Waals surface area contributed by atoms with Gasteiger partial charge in [-0.2, -0.15) is 0 Å². The van der Waals surface area contributed by atoms with E-state index in [1.807, 2.05) is 0 Å². The summed E-state index contributed by atoms with van der Waals surface area (Å²) in [4.78, 5) is 4.00. The average Bonchev–Trinajstić information content (AvgIpc) is 2.59. The second kappa shape index (κ2) is 8.01. The van der Waals surface area contributed by atoms with Crippen molar-refractivity contribution in [1.29, 1.82) is 0 Å². The van der Waals surface area contributed by atoms with Crippen LogP contribution in [0.2, 0.25) is 0 Å². The van der Waals surface area contributed by atoms with E-state index >= 15 is 0 Å². The predicted molar refractivity (Wildman–Crippen MR) is 97.6 cm³/mol. The molecule has 0 aliphatic rings. The number of benzene rings is 1. The van der Waals surface area contributed by atoms with Crippen molar-refractivity contribution >= 4 is 15.5 Å². The molecule has 0 aliphatic heterocycles. The van der Waals surface area contributed by atoms with Crippen LogP contribution in [0.15, 0.2) is 47.6 Å². The lowest BCUT2D eigenvalue weighted by molar-refractivity contribution is 0.117. The minimum absolute atomic E-state index is 0.00995. The zero-order valence-electron chi connectivity index (χ0n) is 14.9. The van der Waals surface area contributed by atoms with Crippen LogP contribution < -0.4 is 10.1 Å². The fourth-order valence-electron chi connectivity index (χ4n) is 1.98. The highest BCUT2D eigenvalue weighted by atomic mass is 32.2. The number of hydrogen-bond acceptors (Lipinski definition) is 6. The normalized spacial score (nSPS) is 13.3. The highest BCUT2D eigenvalue weighted by Crippen LogP contribution is 2.23. The average molecular weight is 382 g/mol. The van der Waals surface area contributed by atoms with Crippen LogP contribution in [0.25, 0.3) is 0 Å². The van der Waals surface area contributed by atoms with Gasteiger partial charge in [0.1, 0.15) is 24.3 Å². The van der Waals surface area contributed by atoms with E-state index in [9.17, 15) is 17.9 Å². The maximum absolute atomic E-state index is 12.8. The van der Waals surface area contributed by atoms with Crippen LogP contribution in [-0.4, -0.2) is 42.5 Å². The number of sulfone groups is 1. The molecule has 142 valence electrons. The molecule has 0 saturated heterocycles. The van der Waals surface area contributed by atoms with Crippen molar-refractivity contribution in [2.45, 2.75) is 36.6 Å². The number of halogens is 1. The first-order valence-electron chi connectivity index (χ1n) is 8.10. The minimum Gasteiger partial charge on any atom is -0.491 e. The monoisotopic (exact) mass is 382 g/mol. The Hall–Kier alpha value is -2.19. The maximum atomic E-state index is 12.8. The smallest absolute Gasteiger partial charge is 0.200 e. The van der Waals surface area contributed by atoms with Gasteiger partial charge in [0, 0.05) is 6.54 Å². The summed E-state index contributed by atoms with van der Waals surface area (Å²) in [5.41, 5.74) is 0.582. The van der Waals surface area contributed by atoms with Gasteiger partial charge >= 0.3 is 0 Å². The first-order chi connectivity index (χ1) is 12.1. The lowest BCUT2D eigenvalue weighted by Gasteiger charge is -2.18. The molecular weight excluding hydrogens is 359 g/mol. The number of nitrogens with one attached hydrogen (secondary N) is 1. The van der Waals surface area contributed by atoms with E-state index in [1.54, 1.807) is 26.8 Å². The van der Waals surface area contributed by atoms with Crippen LogP contribution in [0.3, 0.4) is 0 Å². The van der Waals surface area contributed by atoms with Gasteiger partial charge in [-0.1, -0.05) is 0 Å². The van der Waals surface area contributed by atoms with Crippen molar-refractivity contribution in [2.75, 3.05) is 18.5 Å². The van der Waals surface area contributed by atoms with Crippen molar-refractivity contribution in [3.8, 4) is 5.75 Å². The Labute approximate surface area is 153 Å². The molecular formula is C18H23FN2O4S. The summed E-state index contributed by atoms with van der Waals surface area (Å²) < 4.78 is 41.9. The van der Waals surface area contributed by atoms with E-state index in [0.717, 1.165) is 0 Å². The van der Waals surface area contributed by atoms with Crippen molar-refractivity contribution in [1.82, 2.24) is 4.98 Å². The van der Waals surface area contributed by atoms with Gasteiger partial charge in [0.25, 0.3) is 0 Å². The fraction of sp³-hybridized carbons (Fsp3) is 0.389. The Morgan fingerprint density at radius 3 is 2.38 bits per heavy atom. The summed E-state index contributed by atoms with van der Waals surface area (Å²) in [5.74, 6) is 0.104. The predicted octanol–water partition coefficient (Wildman–Crippen LogP) is 2.64. The molecule has 26 heavy (non-hydrogen) atoms. The highest BCUT2D eigenvalue weighted by molar-refractivity contribution is 7.92. The molecule has 0 fully saturated rings. The Morgan fingerprint density at radius 2 is 1.85 bits per heavy atom. The number of pyridine rings is 1. The largest absolute Gasteiger partial charge is 0.491 e. The number of hydrogen-bond donors (Lipinski definition) is 2. The summed E-state index contributed by atoms with van der Waals surface area (Å²) in [6.07, 6.45) is 0.602. The lowest BCUT2D eigenvalue weighted by atomic mass is 10.3. The van der Waals surface area contributed by atoms with E-state index in [-0.39, 0.29) is 24.0 Å². The number of ether oxygens (including phenoxy) is 1. The SMILES string of the molecule is CC(C)(C)S(=O)(=O)c1ccc(NC[C@@H](O)COc2ccc(F)cc2)cn1. The number of aliphatic hydroxyl groups is 1. The fourth-order valence-corrected chi connectivity index (χ4v) is 3.04. The van der Waals surface area contributed by atoms with Gasteiger partial charge in [-0.05, 0) is 57.2 Å². The number of aliphatic hydroxyl groups excluding tert-OH is 1. The molecule has 1 atom stereocenters. The molecule has 0 radical (unpaired) electrons. The molecule has 0 bridgehead atoms. The molecule has 2 aromatic rings. The van der Waals surface area contributed by atoms with Crippen molar-refractivity contribution < 1.29 is 22.7 Å². The van der Waals surface area contributed by atoms with Gasteiger partial charge < -0.3 is 15.2 Å². The summed E-state index contributed by atoms with van der Waals surface area (Å²) in [7, 11) is -3.50. The van der Waals surface area contributed by atoms with Crippen LogP contribution in [0.4, 0.5) is 10.1 Å². The number of anilines is 1. The van der Waals surface area contributed by atoms with Crippen LogP contribution in [0.1, 0.15) is 20.8 Å². The standard InChI is InChI=1S/C18H23FN2O4S/c1-18(2,3)26(23,24)17-9-6-14(10-21-17)20-11-15(22)12-25-16-7-4-13(19)5-8-16/h4-10,15,20,22H,11-12H2,1-3H3/t15-/m1/s1. The van der Waals surface area contributed by atoms with Crippen LogP contribution in [0, 0.1) is 5.82 Å². The molecule has 1 aromatic heterocycles. The van der Waals surface area contributed by atoms with Gasteiger partial charge in [0.05, 0.1) is 16.6 Å². The molecule has 2 rings (SSSR count). The molecule has 1 heterocycles. The van der Waals surface area contributed by atoms with Gasteiger partial charge in [0.15, 0.2) is 14.9 Å². The Morgan fingerprint density at radius 1 is 1.19 bits per heavy atom. The summed E-state index contributed by atoms with van der Waals surface area (Å²) in [6, 6.07) is 8.54. The van der Waals surface area contributed by atoms with Gasteiger partial charge in [-0.15, -0.1) is 0 Å². The third-order valence-corrected chi connectivity index (χ3v) is 6.02. The first kappa shape index (κ1) is 20.1. The molecule has 8 heteroatoms. The van der Waals surface area contributed by atoms with Crippen LogP contribution >= 0.6 is 0 Å². The maximum Gasteiger partial charge on any atom is 0.200 e. The molecule has 0 saturated carbocycles. The van der Waals surface area contributed by atoms with Crippen LogP contribution in [0.5, 0.6) is 5.75 Å². The molecule has 0 aliphatic carbocycles. The molecule has 6 nitrogen and oxygen atoms in total. The second-order valence-electron chi connectivity index (χ2n) is 6.80. The van der Waals surface area contributed by atoms with Crippen molar-refractivity contribution in [2.24, 2.45) is 0 Å². The number of rotatable bonds is 7. The molecule has 2 N–H and O–H groups in total. The van der Waals surface area contributed by atoms with E-state index in [4.69, 9.17) is 4.74 Å². The van der Waals surface area contributed by atoms with Gasteiger partial charge in [-0.25, -0.2) is 17.8 Å². The molecule has 1 aromatic carbocycles. The van der Waals surface area contributed by atoms with Gasteiger partial charge in [0.2, 0.25) is 0 Å². The van der Waals surface area contributed by atoms with E-state index < -0.39 is 20.7 Å². The summed E-state index contributed by atoms with van der Waals surface area (Å²) >= 11 is 0. The second-order valence-corrected chi connectivity index (χ2v) is 9.45. The summed E-state index contributed by atoms with van der Waals surface area (Å²) in [5, 5.41) is 12.9. The van der Waals surface area contributed by atoms with E-state index in [0.29, 0.717) is 11.4 Å². The van der Waals surface area contributed by atoms with E-state index in [2.05, 4.69) is 10.3 Å². The van der Waals surface area contributed by atoms with E-state index in [1.165, 1.54) is 36.5 Å². The number of aromatic nitrogens is 1. The number of nitrogens with zero attached hydrogens (tertiary/aromatic N) is 1. The Balaban J connectivity index is 1.86. The topological polar surface area (TPSA) is 88.5 Å². The third-order valence-electron chi connectivity index (χ3n) is 3.62. The summed E-state index contributed by atoms with van der Waals surface area (Å²) in [6.45, 7) is 5.08. The van der Waals surface area contributed by atoms with Crippen molar-refractivity contribution in [3.05, 3.63) is 48.4 Å². The first-order valence-corrected chi connectivity index (χ1v) is 9.59. The zero-order chi connectivity index (χ0) is 19.4. The minimum atomic E-state index is -3.50. The highest BCUT2D eigenvalue weighted by Gasteiger charge is 2.31. The van der Waals surface area contributed by atoms with Crippen LogP contribution in [-0.2, 0) is 9.84 Å². The lowest BCUT2D eigenvalue weighted by Crippen LogP contribution is -2.29. The molecule has 0 unspecified atom stereocenters. The third kappa shape index (κ3) is 5.15. The molecule has 0 spiro atoms. The Bertz CT molecular complexity index is 816. The Kier molecular flexibility index (Phi) is 6.20.